The van der Waals surface area contributed by atoms with Crippen molar-refractivity contribution in [3.05, 3.63) is 35.9 Å². The maximum Gasteiger partial charge on any atom is 0.429 e. The van der Waals surface area contributed by atoms with Crippen LogP contribution in [0.15, 0.2) is 30.3 Å². The number of likely N-dealkylation sites (tertiary alicyclic amines) is 1. The van der Waals surface area contributed by atoms with Gasteiger partial charge in [0.2, 0.25) is 6.10 Å². The predicted molar refractivity (Wildman–Crippen MR) is 62.5 cm³/mol. The number of benzene rings is 1. The van der Waals surface area contributed by atoms with Gasteiger partial charge >= 0.3 is 12.3 Å². The van der Waals surface area contributed by atoms with Crippen molar-refractivity contribution in [2.24, 2.45) is 0 Å². The molecule has 0 aromatic heterocycles. The summed E-state index contributed by atoms with van der Waals surface area (Å²) in [4.78, 5) is 13.0. The molecule has 1 aromatic carbocycles. The number of ether oxygens (including phenoxy) is 1. The second kappa shape index (κ2) is 5.50. The first-order chi connectivity index (χ1) is 8.98. The van der Waals surface area contributed by atoms with Gasteiger partial charge in [0.25, 0.3) is 0 Å². The summed E-state index contributed by atoms with van der Waals surface area (Å²) in [6.45, 7) is 0.913. The number of nitrogens with zero attached hydrogens (tertiary/aromatic N) is 1. The zero-order valence-corrected chi connectivity index (χ0v) is 10.2. The molecule has 2 rings (SSSR count). The molecule has 6 heteroatoms. The van der Waals surface area contributed by atoms with Crippen LogP contribution >= 0.6 is 0 Å². The van der Waals surface area contributed by atoms with E-state index in [2.05, 4.69) is 4.74 Å². The Morgan fingerprint density at radius 3 is 2.26 bits per heavy atom. The highest BCUT2D eigenvalue weighted by atomic mass is 19.4. The Kier molecular flexibility index (Phi) is 3.97. The average Bonchev–Trinajstić information content (AvgIpc) is 2.89. The highest BCUT2D eigenvalue weighted by Gasteiger charge is 2.44. The Balaban J connectivity index is 2.13. The van der Waals surface area contributed by atoms with Gasteiger partial charge in [-0.1, -0.05) is 30.3 Å². The van der Waals surface area contributed by atoms with Gasteiger partial charge in [-0.15, -0.1) is 0 Å². The van der Waals surface area contributed by atoms with Gasteiger partial charge in [-0.3, -0.25) is 0 Å². The van der Waals surface area contributed by atoms with Crippen LogP contribution in [0.4, 0.5) is 18.0 Å². The number of hydrogen-bond donors (Lipinski definition) is 0. The van der Waals surface area contributed by atoms with Gasteiger partial charge in [0, 0.05) is 18.7 Å². The number of rotatable bonds is 2. The van der Waals surface area contributed by atoms with Crippen molar-refractivity contribution < 1.29 is 22.7 Å². The van der Waals surface area contributed by atoms with Gasteiger partial charge in [0.1, 0.15) is 0 Å². The Labute approximate surface area is 109 Å². The van der Waals surface area contributed by atoms with Crippen molar-refractivity contribution in [1.29, 1.82) is 0 Å². The van der Waals surface area contributed by atoms with Crippen LogP contribution in [0, 0.1) is 0 Å². The van der Waals surface area contributed by atoms with Crippen LogP contribution in [0.5, 0.6) is 0 Å². The van der Waals surface area contributed by atoms with Gasteiger partial charge < -0.3 is 9.64 Å². The second-order valence-electron chi connectivity index (χ2n) is 4.41. The minimum absolute atomic E-state index is 0.0671. The van der Waals surface area contributed by atoms with Crippen LogP contribution in [0.25, 0.3) is 0 Å². The van der Waals surface area contributed by atoms with Crippen molar-refractivity contribution >= 4 is 6.09 Å². The van der Waals surface area contributed by atoms with E-state index in [1.54, 1.807) is 6.07 Å². The minimum Gasteiger partial charge on any atom is -0.431 e. The summed E-state index contributed by atoms with van der Waals surface area (Å²) in [5.74, 6) is 0. The third kappa shape index (κ3) is 3.39. The van der Waals surface area contributed by atoms with E-state index < -0.39 is 18.4 Å². The lowest BCUT2D eigenvalue weighted by Gasteiger charge is -2.24. The van der Waals surface area contributed by atoms with E-state index in [9.17, 15) is 18.0 Å². The molecule has 1 amide bonds. The zero-order valence-electron chi connectivity index (χ0n) is 10.2. The van der Waals surface area contributed by atoms with Crippen molar-refractivity contribution in [2.75, 3.05) is 13.1 Å². The summed E-state index contributed by atoms with van der Waals surface area (Å²) in [5, 5.41) is 0. The second-order valence-corrected chi connectivity index (χ2v) is 4.41. The van der Waals surface area contributed by atoms with Crippen LogP contribution in [0.3, 0.4) is 0 Å². The van der Waals surface area contributed by atoms with Crippen molar-refractivity contribution in [3.8, 4) is 0 Å². The highest BCUT2D eigenvalue weighted by Crippen LogP contribution is 2.36. The number of hydrogen-bond acceptors (Lipinski definition) is 2. The van der Waals surface area contributed by atoms with E-state index in [1.165, 1.54) is 29.2 Å². The van der Waals surface area contributed by atoms with Gasteiger partial charge in [-0.05, 0) is 12.8 Å². The molecule has 1 aliphatic heterocycles. The molecule has 0 bridgehead atoms. The van der Waals surface area contributed by atoms with E-state index in [-0.39, 0.29) is 5.56 Å². The third-order valence-electron chi connectivity index (χ3n) is 2.98. The van der Waals surface area contributed by atoms with Crippen LogP contribution in [-0.2, 0) is 4.74 Å². The molecule has 0 N–H and O–H groups in total. The molecule has 1 aromatic rings. The standard InChI is InChI=1S/C13H14F3NO2/c14-13(15,16)11(10-6-2-1-3-7-10)19-12(18)17-8-4-5-9-17/h1-3,6-7,11H,4-5,8-9H2. The summed E-state index contributed by atoms with van der Waals surface area (Å²) in [6.07, 6.45) is -6.11. The van der Waals surface area contributed by atoms with Gasteiger partial charge in [-0.25, -0.2) is 4.79 Å². The maximum absolute atomic E-state index is 13.0. The van der Waals surface area contributed by atoms with Crippen LogP contribution in [-0.4, -0.2) is 30.3 Å². The fourth-order valence-electron chi connectivity index (χ4n) is 2.03. The van der Waals surface area contributed by atoms with Crippen molar-refractivity contribution in [1.82, 2.24) is 4.90 Å². The fourth-order valence-corrected chi connectivity index (χ4v) is 2.03. The molecule has 1 fully saturated rings. The first kappa shape index (κ1) is 13.7. The van der Waals surface area contributed by atoms with Gasteiger partial charge in [0.05, 0.1) is 0 Å². The Hall–Kier alpha value is -1.72. The molecule has 0 spiro atoms. The molecular weight excluding hydrogens is 259 g/mol. The van der Waals surface area contributed by atoms with Crippen molar-refractivity contribution in [3.63, 3.8) is 0 Å². The first-order valence-electron chi connectivity index (χ1n) is 6.05. The topological polar surface area (TPSA) is 29.5 Å². The molecule has 19 heavy (non-hydrogen) atoms. The molecule has 1 unspecified atom stereocenters. The van der Waals surface area contributed by atoms with Crippen molar-refractivity contribution in [2.45, 2.75) is 25.1 Å². The Bertz CT molecular complexity index is 427. The number of halogens is 3. The number of alkyl halides is 3. The molecule has 1 aliphatic rings. The normalized spacial score (nSPS) is 17.3. The van der Waals surface area contributed by atoms with Crippen LogP contribution < -0.4 is 0 Å². The molecule has 3 nitrogen and oxygen atoms in total. The summed E-state index contributed by atoms with van der Waals surface area (Å²) in [6, 6.07) is 7.18. The minimum atomic E-state index is -4.61. The predicted octanol–water partition coefficient (Wildman–Crippen LogP) is 3.52. The van der Waals surface area contributed by atoms with Crippen LogP contribution in [0.2, 0.25) is 0 Å². The summed E-state index contributed by atoms with van der Waals surface area (Å²) in [7, 11) is 0. The lowest BCUT2D eigenvalue weighted by atomic mass is 10.1. The lowest BCUT2D eigenvalue weighted by Crippen LogP contribution is -2.34. The quantitative estimate of drug-likeness (QED) is 0.825. The average molecular weight is 273 g/mol. The van der Waals surface area contributed by atoms with E-state index in [4.69, 9.17) is 0 Å². The first-order valence-corrected chi connectivity index (χ1v) is 6.05. The maximum atomic E-state index is 13.0. The largest absolute Gasteiger partial charge is 0.431 e. The van der Waals surface area contributed by atoms with E-state index in [0.717, 1.165) is 12.8 Å². The Morgan fingerprint density at radius 2 is 1.74 bits per heavy atom. The molecule has 0 radical (unpaired) electrons. The van der Waals surface area contributed by atoms with E-state index in [1.807, 2.05) is 0 Å². The number of carbonyl (C=O) groups is 1. The summed E-state index contributed by atoms with van der Waals surface area (Å²) in [5.41, 5.74) is -0.0671. The Morgan fingerprint density at radius 1 is 1.16 bits per heavy atom. The monoisotopic (exact) mass is 273 g/mol. The fraction of sp³-hybridized carbons (Fsp3) is 0.462. The molecule has 104 valence electrons. The number of carbonyl (C=O) groups excluding carboxylic acids is 1. The third-order valence-corrected chi connectivity index (χ3v) is 2.98. The smallest absolute Gasteiger partial charge is 0.429 e. The lowest BCUT2D eigenvalue weighted by molar-refractivity contribution is -0.208. The molecular formula is C13H14F3NO2. The molecule has 1 saturated heterocycles. The van der Waals surface area contributed by atoms with Crippen LogP contribution in [0.1, 0.15) is 24.5 Å². The SMILES string of the molecule is O=C(OC(c1ccccc1)C(F)(F)F)N1CCCC1. The summed E-state index contributed by atoms with van der Waals surface area (Å²) < 4.78 is 43.5. The molecule has 1 atom stereocenters. The van der Waals surface area contributed by atoms with Gasteiger partial charge in [0.15, 0.2) is 0 Å². The van der Waals surface area contributed by atoms with E-state index in [0.29, 0.717) is 13.1 Å². The van der Waals surface area contributed by atoms with Gasteiger partial charge in [-0.2, -0.15) is 13.2 Å². The molecule has 0 saturated carbocycles. The highest BCUT2D eigenvalue weighted by molar-refractivity contribution is 5.68. The number of amides is 1. The zero-order chi connectivity index (χ0) is 13.9. The van der Waals surface area contributed by atoms with E-state index >= 15 is 0 Å². The summed E-state index contributed by atoms with van der Waals surface area (Å²) >= 11 is 0. The molecule has 0 aliphatic carbocycles. The molecule has 1 heterocycles.